The molecule has 0 unspecified atom stereocenters. The maximum atomic E-state index is 12.2. The summed E-state index contributed by atoms with van der Waals surface area (Å²) in [5.74, 6) is -0.549. The Kier molecular flexibility index (Phi) is 6.31. The van der Waals surface area contributed by atoms with Crippen molar-refractivity contribution in [3.8, 4) is 0 Å². The Bertz CT molecular complexity index is 601. The fourth-order valence-electron chi connectivity index (χ4n) is 2.25. The van der Waals surface area contributed by atoms with Gasteiger partial charge in [0.05, 0.1) is 5.71 Å². The summed E-state index contributed by atoms with van der Waals surface area (Å²) >= 11 is 0. The van der Waals surface area contributed by atoms with Crippen molar-refractivity contribution in [2.75, 3.05) is 27.2 Å². The lowest BCUT2D eigenvalue weighted by Crippen LogP contribution is -2.49. The number of nitrogens with one attached hydrogen (secondary N) is 2. The van der Waals surface area contributed by atoms with Gasteiger partial charge < -0.3 is 20.4 Å². The predicted molar refractivity (Wildman–Crippen MR) is 91.6 cm³/mol. The molecule has 0 saturated carbocycles. The average Bonchev–Trinajstić information content (AvgIpc) is 3.05. The SMILES string of the molecule is C[C@H](NC(=O)[C@@H]1CC(c2ccccc2)=NO1)C(=O)NCCN(C)C. The first-order valence-electron chi connectivity index (χ1n) is 7.98. The minimum absolute atomic E-state index is 0.215. The molecule has 1 heterocycles. The van der Waals surface area contributed by atoms with Crippen LogP contribution in [-0.4, -0.2) is 61.8 Å². The van der Waals surface area contributed by atoms with Crippen molar-refractivity contribution in [1.82, 2.24) is 15.5 Å². The zero-order valence-electron chi connectivity index (χ0n) is 14.3. The third-order valence-corrected chi connectivity index (χ3v) is 3.68. The first-order chi connectivity index (χ1) is 11.5. The molecule has 0 radical (unpaired) electrons. The summed E-state index contributed by atoms with van der Waals surface area (Å²) in [6, 6.07) is 8.95. The summed E-state index contributed by atoms with van der Waals surface area (Å²) in [4.78, 5) is 31.4. The topological polar surface area (TPSA) is 83.0 Å². The number of amides is 2. The molecule has 2 N–H and O–H groups in total. The summed E-state index contributed by atoms with van der Waals surface area (Å²) < 4.78 is 0. The largest absolute Gasteiger partial charge is 0.382 e. The number of carbonyl (C=O) groups excluding carboxylic acids is 2. The van der Waals surface area contributed by atoms with Crippen LogP contribution in [0.2, 0.25) is 0 Å². The molecule has 130 valence electrons. The van der Waals surface area contributed by atoms with E-state index in [9.17, 15) is 9.59 Å². The zero-order chi connectivity index (χ0) is 17.5. The lowest BCUT2D eigenvalue weighted by molar-refractivity contribution is -0.135. The van der Waals surface area contributed by atoms with Gasteiger partial charge in [-0.25, -0.2) is 0 Å². The number of oxime groups is 1. The summed E-state index contributed by atoms with van der Waals surface area (Å²) in [7, 11) is 3.86. The molecule has 1 aliphatic heterocycles. The molecule has 0 saturated heterocycles. The number of hydrogen-bond donors (Lipinski definition) is 2. The molecular weight excluding hydrogens is 308 g/mol. The highest BCUT2D eigenvalue weighted by atomic mass is 16.6. The van der Waals surface area contributed by atoms with E-state index in [0.29, 0.717) is 13.0 Å². The number of benzene rings is 1. The van der Waals surface area contributed by atoms with E-state index in [1.165, 1.54) is 0 Å². The van der Waals surface area contributed by atoms with Gasteiger partial charge in [-0.05, 0) is 26.6 Å². The molecule has 0 spiro atoms. The molecule has 2 amide bonds. The van der Waals surface area contributed by atoms with E-state index in [4.69, 9.17) is 4.84 Å². The normalized spacial score (nSPS) is 17.8. The third-order valence-electron chi connectivity index (χ3n) is 3.68. The van der Waals surface area contributed by atoms with E-state index in [1.54, 1.807) is 6.92 Å². The van der Waals surface area contributed by atoms with E-state index in [0.717, 1.165) is 17.8 Å². The second-order valence-electron chi connectivity index (χ2n) is 6.03. The first-order valence-corrected chi connectivity index (χ1v) is 7.98. The molecule has 7 heteroatoms. The van der Waals surface area contributed by atoms with Crippen molar-refractivity contribution in [3.05, 3.63) is 35.9 Å². The maximum Gasteiger partial charge on any atom is 0.264 e. The molecule has 0 aliphatic carbocycles. The van der Waals surface area contributed by atoms with Crippen LogP contribution in [0.1, 0.15) is 18.9 Å². The molecule has 2 rings (SSSR count). The Morgan fingerprint density at radius 1 is 1.33 bits per heavy atom. The monoisotopic (exact) mass is 332 g/mol. The number of rotatable bonds is 7. The highest BCUT2D eigenvalue weighted by Crippen LogP contribution is 2.16. The van der Waals surface area contributed by atoms with Crippen LogP contribution in [-0.2, 0) is 14.4 Å². The van der Waals surface area contributed by atoms with Crippen LogP contribution in [0.15, 0.2) is 35.5 Å². The van der Waals surface area contributed by atoms with Gasteiger partial charge in [0.1, 0.15) is 6.04 Å². The molecular formula is C17H24N4O3. The molecule has 0 aromatic heterocycles. The average molecular weight is 332 g/mol. The predicted octanol–water partition coefficient (Wildman–Crippen LogP) is 0.362. The quantitative estimate of drug-likeness (QED) is 0.755. The van der Waals surface area contributed by atoms with Crippen LogP contribution in [0.25, 0.3) is 0 Å². The summed E-state index contributed by atoms with van der Waals surface area (Å²) in [6.07, 6.45) is -0.303. The summed E-state index contributed by atoms with van der Waals surface area (Å²) in [5, 5.41) is 9.43. The number of carbonyl (C=O) groups is 2. The number of hydrogen-bond acceptors (Lipinski definition) is 5. The van der Waals surface area contributed by atoms with Crippen molar-refractivity contribution in [1.29, 1.82) is 0 Å². The number of likely N-dealkylation sites (N-methyl/N-ethyl adjacent to an activating group) is 1. The Balaban J connectivity index is 1.78. The highest BCUT2D eigenvalue weighted by Gasteiger charge is 2.30. The van der Waals surface area contributed by atoms with E-state index < -0.39 is 12.1 Å². The lowest BCUT2D eigenvalue weighted by Gasteiger charge is -2.17. The smallest absolute Gasteiger partial charge is 0.264 e. The Morgan fingerprint density at radius 2 is 2.04 bits per heavy atom. The van der Waals surface area contributed by atoms with Crippen LogP contribution in [0.5, 0.6) is 0 Å². The van der Waals surface area contributed by atoms with Crippen molar-refractivity contribution < 1.29 is 14.4 Å². The van der Waals surface area contributed by atoms with Gasteiger partial charge in [-0.2, -0.15) is 0 Å². The van der Waals surface area contributed by atoms with Crippen LogP contribution >= 0.6 is 0 Å². The molecule has 7 nitrogen and oxygen atoms in total. The minimum atomic E-state index is -0.697. The van der Waals surface area contributed by atoms with Crippen molar-refractivity contribution >= 4 is 17.5 Å². The van der Waals surface area contributed by atoms with Crippen LogP contribution in [0, 0.1) is 0 Å². The minimum Gasteiger partial charge on any atom is -0.382 e. The van der Waals surface area contributed by atoms with Gasteiger partial charge in [-0.3, -0.25) is 9.59 Å². The van der Waals surface area contributed by atoms with E-state index in [2.05, 4.69) is 15.8 Å². The van der Waals surface area contributed by atoms with Gasteiger partial charge in [0.25, 0.3) is 5.91 Å². The van der Waals surface area contributed by atoms with Crippen LogP contribution in [0.3, 0.4) is 0 Å². The van der Waals surface area contributed by atoms with Gasteiger partial charge in [-0.1, -0.05) is 35.5 Å². The standard InChI is InChI=1S/C17H24N4O3/c1-12(16(22)18-9-10-21(2)3)19-17(23)15-11-14(20-24-15)13-7-5-4-6-8-13/h4-8,12,15H,9-11H2,1-3H3,(H,18,22)(H,19,23)/t12-,15-/m0/s1. The van der Waals surface area contributed by atoms with E-state index in [-0.39, 0.29) is 11.8 Å². The Hall–Kier alpha value is -2.41. The van der Waals surface area contributed by atoms with E-state index in [1.807, 2.05) is 49.3 Å². The van der Waals surface area contributed by atoms with Crippen molar-refractivity contribution in [2.24, 2.45) is 5.16 Å². The molecule has 0 bridgehead atoms. The molecule has 1 aliphatic rings. The van der Waals surface area contributed by atoms with Gasteiger partial charge in [0.15, 0.2) is 0 Å². The van der Waals surface area contributed by atoms with Crippen LogP contribution in [0.4, 0.5) is 0 Å². The van der Waals surface area contributed by atoms with Gasteiger partial charge in [0.2, 0.25) is 12.0 Å². The second-order valence-corrected chi connectivity index (χ2v) is 6.03. The van der Waals surface area contributed by atoms with Gasteiger partial charge in [-0.15, -0.1) is 0 Å². The molecule has 24 heavy (non-hydrogen) atoms. The molecule has 1 aromatic carbocycles. The van der Waals surface area contributed by atoms with E-state index >= 15 is 0 Å². The maximum absolute atomic E-state index is 12.2. The first kappa shape index (κ1) is 17.9. The third kappa shape index (κ3) is 5.06. The Morgan fingerprint density at radius 3 is 2.71 bits per heavy atom. The highest BCUT2D eigenvalue weighted by molar-refractivity contribution is 6.04. The summed E-state index contributed by atoms with van der Waals surface area (Å²) in [6.45, 7) is 2.93. The molecule has 2 atom stereocenters. The van der Waals surface area contributed by atoms with Gasteiger partial charge in [0, 0.05) is 19.5 Å². The zero-order valence-corrected chi connectivity index (χ0v) is 14.3. The fourth-order valence-corrected chi connectivity index (χ4v) is 2.25. The second kappa shape index (κ2) is 8.44. The van der Waals surface area contributed by atoms with Gasteiger partial charge >= 0.3 is 0 Å². The lowest BCUT2D eigenvalue weighted by atomic mass is 10.0. The van der Waals surface area contributed by atoms with Crippen molar-refractivity contribution in [2.45, 2.75) is 25.5 Å². The Labute approximate surface area is 142 Å². The molecule has 1 aromatic rings. The van der Waals surface area contributed by atoms with Crippen LogP contribution < -0.4 is 10.6 Å². The van der Waals surface area contributed by atoms with Crippen molar-refractivity contribution in [3.63, 3.8) is 0 Å². The number of nitrogens with zero attached hydrogens (tertiary/aromatic N) is 2. The fraction of sp³-hybridized carbons (Fsp3) is 0.471. The summed E-state index contributed by atoms with van der Waals surface area (Å²) in [5.41, 5.74) is 1.67. The molecule has 0 fully saturated rings.